The molecule has 1 aliphatic rings. The first-order chi connectivity index (χ1) is 8.02. The highest BCUT2D eigenvalue weighted by Crippen LogP contribution is 2.33. The molecular formula is C14H19NOS. The van der Waals surface area contributed by atoms with E-state index < -0.39 is 0 Å². The van der Waals surface area contributed by atoms with Gasteiger partial charge < -0.3 is 4.90 Å². The smallest absolute Gasteiger partial charge is 0.152 e. The molecule has 1 aromatic rings. The number of aryl methyl sites for hydroxylation is 1. The van der Waals surface area contributed by atoms with Crippen LogP contribution in [0.25, 0.3) is 0 Å². The molecule has 0 atom stereocenters. The van der Waals surface area contributed by atoms with E-state index in [1.807, 2.05) is 24.8 Å². The number of hydrogen-bond acceptors (Lipinski definition) is 3. The van der Waals surface area contributed by atoms with Crippen molar-refractivity contribution < 1.29 is 4.79 Å². The van der Waals surface area contributed by atoms with Crippen molar-refractivity contribution in [2.75, 3.05) is 23.7 Å². The van der Waals surface area contributed by atoms with E-state index in [2.05, 4.69) is 30.9 Å². The van der Waals surface area contributed by atoms with E-state index >= 15 is 0 Å². The number of hydrogen-bond donors (Lipinski definition) is 0. The Labute approximate surface area is 107 Å². The van der Waals surface area contributed by atoms with Crippen LogP contribution in [0.2, 0.25) is 0 Å². The molecule has 2 rings (SSSR count). The first-order valence-corrected chi connectivity index (χ1v) is 6.95. The second-order valence-corrected chi connectivity index (χ2v) is 7.01. The first kappa shape index (κ1) is 12.5. The number of rotatable bonds is 2. The summed E-state index contributed by atoms with van der Waals surface area (Å²) in [5.41, 5.74) is 3.04. The van der Waals surface area contributed by atoms with Crippen LogP contribution in [-0.2, 0) is 0 Å². The molecule has 0 aliphatic carbocycles. The Morgan fingerprint density at radius 2 is 2.18 bits per heavy atom. The maximum atomic E-state index is 11.2. The van der Waals surface area contributed by atoms with Gasteiger partial charge in [0.1, 0.15) is 0 Å². The molecule has 1 aliphatic heterocycles. The molecule has 92 valence electrons. The van der Waals surface area contributed by atoms with Crippen molar-refractivity contribution in [1.29, 1.82) is 0 Å². The summed E-state index contributed by atoms with van der Waals surface area (Å²) in [5, 5.41) is 0. The van der Waals surface area contributed by atoms with Gasteiger partial charge in [-0.25, -0.2) is 0 Å². The average Bonchev–Trinajstić information content (AvgIpc) is 2.27. The second-order valence-electron chi connectivity index (χ2n) is 5.21. The van der Waals surface area contributed by atoms with Crippen LogP contribution >= 0.6 is 11.8 Å². The van der Waals surface area contributed by atoms with Gasteiger partial charge in [0.05, 0.1) is 0 Å². The van der Waals surface area contributed by atoms with E-state index in [9.17, 15) is 4.79 Å². The molecule has 3 heteroatoms. The third-order valence-corrected chi connectivity index (χ3v) is 4.37. The van der Waals surface area contributed by atoms with Gasteiger partial charge in [0.15, 0.2) is 6.29 Å². The van der Waals surface area contributed by atoms with Gasteiger partial charge in [0, 0.05) is 34.8 Å². The average molecular weight is 249 g/mol. The molecule has 0 amide bonds. The number of nitrogens with zero attached hydrogens (tertiary/aromatic N) is 1. The minimum atomic E-state index is 0.267. The highest BCUT2D eigenvalue weighted by molar-refractivity contribution is 8.00. The van der Waals surface area contributed by atoms with Crippen LogP contribution in [0.15, 0.2) is 18.2 Å². The molecule has 1 saturated heterocycles. The molecule has 17 heavy (non-hydrogen) atoms. The van der Waals surface area contributed by atoms with E-state index in [1.165, 1.54) is 0 Å². The zero-order chi connectivity index (χ0) is 12.5. The molecule has 1 fully saturated rings. The van der Waals surface area contributed by atoms with Crippen molar-refractivity contribution in [3.63, 3.8) is 0 Å². The van der Waals surface area contributed by atoms with Gasteiger partial charge in [-0.15, -0.1) is 0 Å². The Kier molecular flexibility index (Phi) is 3.48. The summed E-state index contributed by atoms with van der Waals surface area (Å²) in [5.74, 6) is 1.12. The number of thioether (sulfide) groups is 1. The van der Waals surface area contributed by atoms with Crippen molar-refractivity contribution in [3.8, 4) is 0 Å². The summed E-state index contributed by atoms with van der Waals surface area (Å²) < 4.78 is 0.267. The second kappa shape index (κ2) is 4.73. The van der Waals surface area contributed by atoms with Crippen molar-refractivity contribution in [1.82, 2.24) is 0 Å². The lowest BCUT2D eigenvalue weighted by atomic mass is 10.1. The Bertz CT molecular complexity index is 428. The molecule has 0 unspecified atom stereocenters. The van der Waals surface area contributed by atoms with Gasteiger partial charge in [-0.3, -0.25) is 4.79 Å². The Balaban J connectivity index is 2.30. The predicted octanol–water partition coefficient (Wildman–Crippen LogP) is 3.14. The third-order valence-electron chi connectivity index (χ3n) is 3.08. The summed E-state index contributed by atoms with van der Waals surface area (Å²) in [6.07, 6.45) is 0.969. The maximum Gasteiger partial charge on any atom is 0.152 e. The molecule has 0 N–H and O–H groups in total. The van der Waals surface area contributed by atoms with Crippen LogP contribution in [0.4, 0.5) is 5.69 Å². The standard InChI is InChI=1S/C14H19NOS/c1-11-4-5-13(12(8-11)9-16)15-6-7-17-14(2,3)10-15/h4-5,8-9H,6-7,10H2,1-3H3. The summed E-state index contributed by atoms with van der Waals surface area (Å²) in [6, 6.07) is 6.12. The molecule has 0 spiro atoms. The fraction of sp³-hybridized carbons (Fsp3) is 0.500. The predicted molar refractivity (Wildman–Crippen MR) is 75.3 cm³/mol. The van der Waals surface area contributed by atoms with Crippen LogP contribution in [0.3, 0.4) is 0 Å². The van der Waals surface area contributed by atoms with E-state index in [0.29, 0.717) is 0 Å². The SMILES string of the molecule is Cc1ccc(N2CCSC(C)(C)C2)c(C=O)c1. The van der Waals surface area contributed by atoms with Gasteiger partial charge >= 0.3 is 0 Å². The summed E-state index contributed by atoms with van der Waals surface area (Å²) >= 11 is 2.01. The van der Waals surface area contributed by atoms with E-state index in [0.717, 1.165) is 41.9 Å². The Morgan fingerprint density at radius 3 is 2.82 bits per heavy atom. The molecule has 2 nitrogen and oxygen atoms in total. The third kappa shape index (κ3) is 2.83. The molecular weight excluding hydrogens is 230 g/mol. The largest absolute Gasteiger partial charge is 0.369 e. The lowest BCUT2D eigenvalue weighted by Gasteiger charge is -2.39. The Morgan fingerprint density at radius 1 is 1.41 bits per heavy atom. The lowest BCUT2D eigenvalue weighted by Crippen LogP contribution is -2.43. The minimum absolute atomic E-state index is 0.267. The maximum absolute atomic E-state index is 11.2. The number of carbonyl (C=O) groups excluding carboxylic acids is 1. The fourth-order valence-electron chi connectivity index (χ4n) is 2.28. The van der Waals surface area contributed by atoms with Gasteiger partial charge in [-0.1, -0.05) is 11.6 Å². The summed E-state index contributed by atoms with van der Waals surface area (Å²) in [7, 11) is 0. The molecule has 1 aromatic carbocycles. The molecule has 1 heterocycles. The topological polar surface area (TPSA) is 20.3 Å². The minimum Gasteiger partial charge on any atom is -0.369 e. The van der Waals surface area contributed by atoms with E-state index in [1.54, 1.807) is 0 Å². The van der Waals surface area contributed by atoms with Crippen LogP contribution in [-0.4, -0.2) is 29.9 Å². The highest BCUT2D eigenvalue weighted by Gasteiger charge is 2.27. The van der Waals surface area contributed by atoms with Crippen molar-refractivity contribution in [2.45, 2.75) is 25.5 Å². The van der Waals surface area contributed by atoms with Crippen LogP contribution in [0, 0.1) is 6.92 Å². The van der Waals surface area contributed by atoms with Crippen LogP contribution in [0.5, 0.6) is 0 Å². The van der Waals surface area contributed by atoms with Crippen LogP contribution < -0.4 is 4.90 Å². The van der Waals surface area contributed by atoms with Gasteiger partial charge in [0.25, 0.3) is 0 Å². The van der Waals surface area contributed by atoms with E-state index in [4.69, 9.17) is 0 Å². The fourth-order valence-corrected chi connectivity index (χ4v) is 3.39. The first-order valence-electron chi connectivity index (χ1n) is 5.96. The highest BCUT2D eigenvalue weighted by atomic mass is 32.2. The molecule has 0 radical (unpaired) electrons. The monoisotopic (exact) mass is 249 g/mol. The van der Waals surface area contributed by atoms with E-state index in [-0.39, 0.29) is 4.75 Å². The van der Waals surface area contributed by atoms with Crippen molar-refractivity contribution >= 4 is 23.7 Å². The molecule has 0 bridgehead atoms. The van der Waals surface area contributed by atoms with Gasteiger partial charge in [-0.05, 0) is 32.9 Å². The zero-order valence-electron chi connectivity index (χ0n) is 10.7. The van der Waals surface area contributed by atoms with Crippen molar-refractivity contribution in [2.24, 2.45) is 0 Å². The number of benzene rings is 1. The normalized spacial score (nSPS) is 19.1. The van der Waals surface area contributed by atoms with Gasteiger partial charge in [0.2, 0.25) is 0 Å². The summed E-state index contributed by atoms with van der Waals surface area (Å²) in [6.45, 7) is 8.57. The molecule has 0 saturated carbocycles. The number of aldehydes is 1. The summed E-state index contributed by atoms with van der Waals surface area (Å²) in [4.78, 5) is 13.5. The van der Waals surface area contributed by atoms with Gasteiger partial charge in [-0.2, -0.15) is 11.8 Å². The van der Waals surface area contributed by atoms with Crippen molar-refractivity contribution in [3.05, 3.63) is 29.3 Å². The number of carbonyl (C=O) groups is 1. The number of anilines is 1. The Hall–Kier alpha value is -0.960. The quantitative estimate of drug-likeness (QED) is 0.751. The lowest BCUT2D eigenvalue weighted by molar-refractivity contribution is 0.112. The zero-order valence-corrected chi connectivity index (χ0v) is 11.5. The van der Waals surface area contributed by atoms with Crippen LogP contribution in [0.1, 0.15) is 29.8 Å². The molecule has 0 aromatic heterocycles.